The molecule has 114 valence electrons. The highest BCUT2D eigenvalue weighted by Crippen LogP contribution is 2.37. The molecule has 0 radical (unpaired) electrons. The van der Waals surface area contributed by atoms with Crippen molar-refractivity contribution in [2.45, 2.75) is 23.1 Å². The van der Waals surface area contributed by atoms with Gasteiger partial charge in [0.1, 0.15) is 0 Å². The largest absolute Gasteiger partial charge is 0.340 e. The zero-order chi connectivity index (χ0) is 15.7. The summed E-state index contributed by atoms with van der Waals surface area (Å²) in [5, 5.41) is 1.01. The molecule has 1 atom stereocenters. The van der Waals surface area contributed by atoms with Gasteiger partial charge in [-0.3, -0.25) is 4.79 Å². The highest BCUT2D eigenvalue weighted by Gasteiger charge is 2.30. The third-order valence-electron chi connectivity index (χ3n) is 3.70. The number of carbonyl (C=O) groups is 1. The van der Waals surface area contributed by atoms with Crippen LogP contribution in [0, 0.1) is 0 Å². The van der Waals surface area contributed by atoms with Crippen LogP contribution in [0.2, 0.25) is 10.0 Å². The maximum Gasteiger partial charge on any atom is 0.236 e. The van der Waals surface area contributed by atoms with Crippen molar-refractivity contribution in [1.82, 2.24) is 4.90 Å². The number of fused-ring (bicyclic) bond motifs is 1. The fourth-order valence-electron chi connectivity index (χ4n) is 2.56. The van der Waals surface area contributed by atoms with Gasteiger partial charge in [0, 0.05) is 18.5 Å². The summed E-state index contributed by atoms with van der Waals surface area (Å²) in [6.07, 6.45) is 0.797. The van der Waals surface area contributed by atoms with E-state index in [1.165, 1.54) is 10.5 Å². The number of amides is 1. The first kappa shape index (κ1) is 15.7. The number of rotatable bonds is 3. The van der Waals surface area contributed by atoms with Crippen LogP contribution >= 0.6 is 35.0 Å². The van der Waals surface area contributed by atoms with Crippen molar-refractivity contribution in [3.05, 3.63) is 63.6 Å². The van der Waals surface area contributed by atoms with Crippen molar-refractivity contribution in [3.63, 3.8) is 0 Å². The smallest absolute Gasteiger partial charge is 0.236 e. The van der Waals surface area contributed by atoms with Crippen LogP contribution in [0.1, 0.15) is 11.1 Å². The molecule has 1 unspecified atom stereocenters. The summed E-state index contributed by atoms with van der Waals surface area (Å²) in [6, 6.07) is 13.7. The van der Waals surface area contributed by atoms with Crippen molar-refractivity contribution in [1.29, 1.82) is 0 Å². The van der Waals surface area contributed by atoms with Gasteiger partial charge < -0.3 is 4.90 Å². The van der Waals surface area contributed by atoms with Gasteiger partial charge in [-0.15, -0.1) is 11.8 Å². The summed E-state index contributed by atoms with van der Waals surface area (Å²) in [7, 11) is 1.83. The van der Waals surface area contributed by atoms with Crippen LogP contribution in [0.25, 0.3) is 0 Å². The predicted molar refractivity (Wildman–Crippen MR) is 92.7 cm³/mol. The lowest BCUT2D eigenvalue weighted by Crippen LogP contribution is -2.34. The Morgan fingerprint density at radius 3 is 2.73 bits per heavy atom. The van der Waals surface area contributed by atoms with Crippen LogP contribution in [0.15, 0.2) is 47.4 Å². The van der Waals surface area contributed by atoms with Crippen LogP contribution < -0.4 is 0 Å². The van der Waals surface area contributed by atoms with Crippen molar-refractivity contribution in [2.24, 2.45) is 0 Å². The maximum absolute atomic E-state index is 12.6. The molecule has 0 spiro atoms. The van der Waals surface area contributed by atoms with E-state index in [1.54, 1.807) is 22.7 Å². The van der Waals surface area contributed by atoms with Gasteiger partial charge in [0.15, 0.2) is 0 Å². The molecule has 1 aliphatic heterocycles. The van der Waals surface area contributed by atoms with Gasteiger partial charge in [0.2, 0.25) is 5.91 Å². The van der Waals surface area contributed by atoms with Gasteiger partial charge >= 0.3 is 0 Å². The van der Waals surface area contributed by atoms with Crippen molar-refractivity contribution in [2.75, 3.05) is 7.05 Å². The fraction of sp³-hybridized carbons (Fsp3) is 0.235. The van der Waals surface area contributed by atoms with Gasteiger partial charge in [-0.2, -0.15) is 0 Å². The van der Waals surface area contributed by atoms with Crippen LogP contribution in [-0.2, 0) is 17.8 Å². The molecule has 3 rings (SSSR count). The molecule has 0 bridgehead atoms. The Kier molecular flexibility index (Phi) is 4.67. The topological polar surface area (TPSA) is 20.3 Å². The Labute approximate surface area is 144 Å². The van der Waals surface area contributed by atoms with Crippen molar-refractivity contribution < 1.29 is 4.79 Å². The van der Waals surface area contributed by atoms with E-state index in [2.05, 4.69) is 12.1 Å². The van der Waals surface area contributed by atoms with E-state index in [-0.39, 0.29) is 11.2 Å². The zero-order valence-electron chi connectivity index (χ0n) is 12.1. The third kappa shape index (κ3) is 3.27. The Balaban J connectivity index is 1.67. The highest BCUT2D eigenvalue weighted by atomic mass is 35.5. The molecule has 0 aliphatic carbocycles. The summed E-state index contributed by atoms with van der Waals surface area (Å²) in [4.78, 5) is 15.6. The van der Waals surface area contributed by atoms with Crippen LogP contribution in [-0.4, -0.2) is 23.1 Å². The summed E-state index contributed by atoms with van der Waals surface area (Å²) >= 11 is 13.6. The minimum absolute atomic E-state index is 0.0369. The second kappa shape index (κ2) is 6.53. The molecule has 0 N–H and O–H groups in total. The average molecular weight is 352 g/mol. The lowest BCUT2D eigenvalue weighted by atomic mass is 10.1. The summed E-state index contributed by atoms with van der Waals surface area (Å²) in [5.74, 6) is 0.146. The Bertz CT molecular complexity index is 695. The van der Waals surface area contributed by atoms with E-state index >= 15 is 0 Å². The van der Waals surface area contributed by atoms with Gasteiger partial charge in [0.25, 0.3) is 0 Å². The summed E-state index contributed by atoms with van der Waals surface area (Å²) < 4.78 is 0. The number of hydrogen-bond donors (Lipinski definition) is 0. The molecular formula is C17H15Cl2NOS. The number of halogens is 2. The van der Waals surface area contributed by atoms with E-state index in [1.807, 2.05) is 31.3 Å². The summed E-state index contributed by atoms with van der Waals surface area (Å²) in [5.41, 5.74) is 2.24. The molecular weight excluding hydrogens is 337 g/mol. The van der Waals surface area contributed by atoms with E-state index in [0.717, 1.165) is 12.0 Å². The first-order valence-electron chi connectivity index (χ1n) is 6.98. The zero-order valence-corrected chi connectivity index (χ0v) is 14.4. The van der Waals surface area contributed by atoms with Gasteiger partial charge in [-0.05, 0) is 35.7 Å². The Hall–Kier alpha value is -1.16. The molecule has 0 saturated carbocycles. The fourth-order valence-corrected chi connectivity index (χ4v) is 4.19. The first-order valence-corrected chi connectivity index (χ1v) is 8.61. The number of hydrogen-bond acceptors (Lipinski definition) is 2. The molecule has 0 saturated heterocycles. The quantitative estimate of drug-likeness (QED) is 0.800. The monoisotopic (exact) mass is 351 g/mol. The highest BCUT2D eigenvalue weighted by molar-refractivity contribution is 8.01. The predicted octanol–water partition coefficient (Wildman–Crippen LogP) is 4.67. The lowest BCUT2D eigenvalue weighted by molar-refractivity contribution is -0.129. The van der Waals surface area contributed by atoms with Gasteiger partial charge in [-0.25, -0.2) is 0 Å². The van der Waals surface area contributed by atoms with Gasteiger partial charge in [0.05, 0.1) is 15.3 Å². The van der Waals surface area contributed by atoms with E-state index in [0.29, 0.717) is 16.6 Å². The SMILES string of the molecule is CN(Cc1ccc(Cl)c(Cl)c1)C(=O)C1Cc2ccccc2S1. The van der Waals surface area contributed by atoms with Gasteiger partial charge in [-0.1, -0.05) is 47.5 Å². The molecule has 0 aromatic heterocycles. The minimum Gasteiger partial charge on any atom is -0.340 e. The second-order valence-electron chi connectivity index (χ2n) is 5.36. The normalized spacial score (nSPS) is 16.4. The van der Waals surface area contributed by atoms with E-state index in [9.17, 15) is 4.79 Å². The van der Waals surface area contributed by atoms with Crippen LogP contribution in [0.3, 0.4) is 0 Å². The van der Waals surface area contributed by atoms with Crippen molar-refractivity contribution >= 4 is 40.9 Å². The molecule has 1 aliphatic rings. The van der Waals surface area contributed by atoms with Crippen LogP contribution in [0.4, 0.5) is 0 Å². The minimum atomic E-state index is -0.0369. The summed E-state index contributed by atoms with van der Waals surface area (Å²) in [6.45, 7) is 0.531. The van der Waals surface area contributed by atoms with Crippen LogP contribution in [0.5, 0.6) is 0 Å². The number of thioether (sulfide) groups is 1. The molecule has 2 aromatic rings. The molecule has 2 aromatic carbocycles. The molecule has 1 heterocycles. The Morgan fingerprint density at radius 2 is 2.00 bits per heavy atom. The molecule has 1 amide bonds. The number of carbonyl (C=O) groups excluding carboxylic acids is 1. The number of nitrogens with zero attached hydrogens (tertiary/aromatic N) is 1. The van der Waals surface area contributed by atoms with Crippen molar-refractivity contribution in [3.8, 4) is 0 Å². The molecule has 2 nitrogen and oxygen atoms in total. The Morgan fingerprint density at radius 1 is 1.23 bits per heavy atom. The van der Waals surface area contributed by atoms with E-state index < -0.39 is 0 Å². The lowest BCUT2D eigenvalue weighted by Gasteiger charge is -2.20. The third-order valence-corrected chi connectivity index (χ3v) is 5.75. The second-order valence-corrected chi connectivity index (χ2v) is 7.42. The average Bonchev–Trinajstić information content (AvgIpc) is 2.94. The first-order chi connectivity index (χ1) is 10.5. The molecule has 22 heavy (non-hydrogen) atoms. The standard InChI is InChI=1S/C17H15Cl2NOS/c1-20(10-11-6-7-13(18)14(19)8-11)17(21)16-9-12-4-2-3-5-15(12)22-16/h2-8,16H,9-10H2,1H3. The molecule has 5 heteroatoms. The number of benzene rings is 2. The molecule has 0 fully saturated rings. The maximum atomic E-state index is 12.6. The van der Waals surface area contributed by atoms with E-state index in [4.69, 9.17) is 23.2 Å².